The lowest BCUT2D eigenvalue weighted by molar-refractivity contribution is -0.118. The van der Waals surface area contributed by atoms with Gasteiger partial charge in [-0.3, -0.25) is 4.79 Å². The van der Waals surface area contributed by atoms with Crippen LogP contribution in [0.2, 0.25) is 0 Å². The van der Waals surface area contributed by atoms with Crippen molar-refractivity contribution in [3.63, 3.8) is 0 Å². The van der Waals surface area contributed by atoms with Crippen molar-refractivity contribution >= 4 is 22.6 Å². The molecule has 3 rings (SSSR count). The molecular weight excluding hydrogens is 262 g/mol. The van der Waals surface area contributed by atoms with Crippen molar-refractivity contribution in [3.8, 4) is 0 Å². The van der Waals surface area contributed by atoms with Crippen LogP contribution in [-0.2, 0) is 4.79 Å². The molecule has 3 aromatic rings. The van der Waals surface area contributed by atoms with Gasteiger partial charge in [-0.25, -0.2) is 4.98 Å². The Balaban J connectivity index is 1.93. The van der Waals surface area contributed by atoms with Gasteiger partial charge in [-0.05, 0) is 23.8 Å². The van der Waals surface area contributed by atoms with E-state index in [4.69, 9.17) is 5.73 Å². The number of nitrogens with zero attached hydrogens (tertiary/aromatic N) is 1. The van der Waals surface area contributed by atoms with Gasteiger partial charge in [0.1, 0.15) is 11.9 Å². The van der Waals surface area contributed by atoms with E-state index in [9.17, 15) is 4.79 Å². The van der Waals surface area contributed by atoms with E-state index in [0.29, 0.717) is 5.82 Å². The third-order valence-electron chi connectivity index (χ3n) is 3.31. The normalized spacial score (nSPS) is 12.0. The number of primary amides is 1. The van der Waals surface area contributed by atoms with Crippen molar-refractivity contribution < 1.29 is 4.79 Å². The van der Waals surface area contributed by atoms with Crippen molar-refractivity contribution in [2.45, 2.75) is 6.04 Å². The van der Waals surface area contributed by atoms with Crippen LogP contribution < -0.4 is 11.1 Å². The lowest BCUT2D eigenvalue weighted by Crippen LogP contribution is -2.28. The first-order valence-electron chi connectivity index (χ1n) is 6.70. The standard InChI is InChI=1S/C17H15N3O/c18-17(21)16(13-7-2-1-3-8-13)20-15-11-10-12-6-4-5-9-14(12)19-15/h1-11,16H,(H2,18,21)(H,19,20). The van der Waals surface area contributed by atoms with E-state index in [1.807, 2.05) is 66.7 Å². The largest absolute Gasteiger partial charge is 0.368 e. The van der Waals surface area contributed by atoms with Crippen LogP contribution in [0.3, 0.4) is 0 Å². The Kier molecular flexibility index (Phi) is 3.51. The molecule has 3 N–H and O–H groups in total. The highest BCUT2D eigenvalue weighted by molar-refractivity contribution is 5.85. The summed E-state index contributed by atoms with van der Waals surface area (Å²) in [5.41, 5.74) is 7.19. The maximum absolute atomic E-state index is 11.7. The van der Waals surface area contributed by atoms with Crippen molar-refractivity contribution in [1.82, 2.24) is 4.98 Å². The SMILES string of the molecule is NC(=O)C(Nc1ccc2ccccc2n1)c1ccccc1. The molecule has 21 heavy (non-hydrogen) atoms. The highest BCUT2D eigenvalue weighted by atomic mass is 16.1. The molecule has 104 valence electrons. The summed E-state index contributed by atoms with van der Waals surface area (Å²) in [4.78, 5) is 16.2. The molecule has 0 spiro atoms. The molecule has 0 saturated heterocycles. The maximum Gasteiger partial charge on any atom is 0.244 e. The van der Waals surface area contributed by atoms with Crippen molar-refractivity contribution in [3.05, 3.63) is 72.3 Å². The van der Waals surface area contributed by atoms with Crippen LogP contribution in [0.25, 0.3) is 10.9 Å². The summed E-state index contributed by atoms with van der Waals surface area (Å²) in [7, 11) is 0. The molecule has 1 heterocycles. The number of anilines is 1. The average Bonchev–Trinajstić information content (AvgIpc) is 2.53. The lowest BCUT2D eigenvalue weighted by atomic mass is 10.1. The predicted molar refractivity (Wildman–Crippen MR) is 83.7 cm³/mol. The molecule has 0 aliphatic rings. The number of fused-ring (bicyclic) bond motifs is 1. The summed E-state index contributed by atoms with van der Waals surface area (Å²) in [6.45, 7) is 0. The number of hydrogen-bond donors (Lipinski definition) is 2. The van der Waals surface area contributed by atoms with Gasteiger partial charge in [0.25, 0.3) is 0 Å². The first kappa shape index (κ1) is 13.1. The molecule has 1 unspecified atom stereocenters. The summed E-state index contributed by atoms with van der Waals surface area (Å²) < 4.78 is 0. The lowest BCUT2D eigenvalue weighted by Gasteiger charge is -2.16. The first-order chi connectivity index (χ1) is 10.2. The minimum Gasteiger partial charge on any atom is -0.368 e. The Morgan fingerprint density at radius 2 is 1.67 bits per heavy atom. The number of nitrogens with one attached hydrogen (secondary N) is 1. The first-order valence-corrected chi connectivity index (χ1v) is 6.70. The zero-order valence-corrected chi connectivity index (χ0v) is 11.4. The zero-order chi connectivity index (χ0) is 14.7. The van der Waals surface area contributed by atoms with E-state index in [2.05, 4.69) is 10.3 Å². The van der Waals surface area contributed by atoms with E-state index in [0.717, 1.165) is 16.5 Å². The molecule has 0 radical (unpaired) electrons. The number of rotatable bonds is 4. The van der Waals surface area contributed by atoms with Crippen LogP contribution in [0.4, 0.5) is 5.82 Å². The predicted octanol–water partition coefficient (Wildman–Crippen LogP) is 2.87. The molecule has 1 amide bonds. The third kappa shape index (κ3) is 2.84. The fourth-order valence-electron chi connectivity index (χ4n) is 2.26. The fourth-order valence-corrected chi connectivity index (χ4v) is 2.26. The summed E-state index contributed by atoms with van der Waals surface area (Å²) in [6, 6.07) is 20.4. The van der Waals surface area contributed by atoms with Gasteiger partial charge in [-0.15, -0.1) is 0 Å². The number of para-hydroxylation sites is 1. The molecule has 4 heteroatoms. The Morgan fingerprint density at radius 1 is 0.952 bits per heavy atom. The summed E-state index contributed by atoms with van der Waals surface area (Å²) >= 11 is 0. The molecule has 0 bridgehead atoms. The number of amides is 1. The molecule has 0 aliphatic heterocycles. The second kappa shape index (κ2) is 5.63. The minimum absolute atomic E-state index is 0.434. The average molecular weight is 277 g/mol. The van der Waals surface area contributed by atoms with E-state index in [1.165, 1.54) is 0 Å². The number of carbonyl (C=O) groups is 1. The molecule has 2 aromatic carbocycles. The quantitative estimate of drug-likeness (QED) is 0.770. The Bertz CT molecular complexity index is 771. The molecule has 0 fully saturated rings. The fraction of sp³-hybridized carbons (Fsp3) is 0.0588. The van der Waals surface area contributed by atoms with Crippen LogP contribution in [0, 0.1) is 0 Å². The van der Waals surface area contributed by atoms with Gasteiger partial charge >= 0.3 is 0 Å². The number of pyridine rings is 1. The number of carbonyl (C=O) groups excluding carboxylic acids is 1. The highest BCUT2D eigenvalue weighted by Gasteiger charge is 2.17. The third-order valence-corrected chi connectivity index (χ3v) is 3.31. The molecule has 1 atom stereocenters. The summed E-state index contributed by atoms with van der Waals surface area (Å²) in [5, 5.41) is 4.16. The molecule has 4 nitrogen and oxygen atoms in total. The van der Waals surface area contributed by atoms with Crippen LogP contribution in [-0.4, -0.2) is 10.9 Å². The highest BCUT2D eigenvalue weighted by Crippen LogP contribution is 2.20. The monoisotopic (exact) mass is 277 g/mol. The van der Waals surface area contributed by atoms with Crippen LogP contribution in [0.15, 0.2) is 66.7 Å². The van der Waals surface area contributed by atoms with Crippen molar-refractivity contribution in [2.24, 2.45) is 5.73 Å². The van der Waals surface area contributed by atoms with Gasteiger partial charge in [0.15, 0.2) is 0 Å². The second-order valence-electron chi connectivity index (χ2n) is 4.78. The molecule has 0 aliphatic carbocycles. The van der Waals surface area contributed by atoms with E-state index < -0.39 is 11.9 Å². The topological polar surface area (TPSA) is 68.0 Å². The van der Waals surface area contributed by atoms with Crippen molar-refractivity contribution in [1.29, 1.82) is 0 Å². The smallest absolute Gasteiger partial charge is 0.244 e. The van der Waals surface area contributed by atoms with Gasteiger partial charge in [-0.2, -0.15) is 0 Å². The number of benzene rings is 2. The molecule has 0 saturated carbocycles. The second-order valence-corrected chi connectivity index (χ2v) is 4.78. The van der Waals surface area contributed by atoms with Gasteiger partial charge in [0.2, 0.25) is 5.91 Å². The van der Waals surface area contributed by atoms with Crippen LogP contribution in [0.5, 0.6) is 0 Å². The maximum atomic E-state index is 11.7. The Labute approximate surface area is 122 Å². The van der Waals surface area contributed by atoms with Crippen LogP contribution >= 0.6 is 0 Å². The summed E-state index contributed by atoms with van der Waals surface area (Å²) in [5.74, 6) is 0.192. The van der Waals surface area contributed by atoms with Gasteiger partial charge < -0.3 is 11.1 Å². The van der Waals surface area contributed by atoms with E-state index in [-0.39, 0.29) is 0 Å². The number of aromatic nitrogens is 1. The van der Waals surface area contributed by atoms with E-state index in [1.54, 1.807) is 0 Å². The van der Waals surface area contributed by atoms with Crippen LogP contribution in [0.1, 0.15) is 11.6 Å². The van der Waals surface area contributed by atoms with Gasteiger partial charge in [-0.1, -0.05) is 48.5 Å². The minimum atomic E-state index is -0.597. The molecular formula is C17H15N3O. The number of hydrogen-bond acceptors (Lipinski definition) is 3. The van der Waals surface area contributed by atoms with Gasteiger partial charge in [0, 0.05) is 5.39 Å². The summed E-state index contributed by atoms with van der Waals surface area (Å²) in [6.07, 6.45) is 0. The van der Waals surface area contributed by atoms with Gasteiger partial charge in [0.05, 0.1) is 5.52 Å². The van der Waals surface area contributed by atoms with E-state index >= 15 is 0 Å². The van der Waals surface area contributed by atoms with Crippen molar-refractivity contribution in [2.75, 3.05) is 5.32 Å². The Hall–Kier alpha value is -2.88. The molecule has 1 aromatic heterocycles. The Morgan fingerprint density at radius 3 is 2.43 bits per heavy atom. The number of nitrogens with two attached hydrogens (primary N) is 1. The zero-order valence-electron chi connectivity index (χ0n) is 11.4.